The fourth-order valence-corrected chi connectivity index (χ4v) is 1.41. The van der Waals surface area contributed by atoms with E-state index in [2.05, 4.69) is 25.0 Å². The molecule has 2 aromatic rings. The highest BCUT2D eigenvalue weighted by Gasteiger charge is 2.28. The number of rotatable bonds is 4. The van der Waals surface area contributed by atoms with Gasteiger partial charge in [0.1, 0.15) is 0 Å². The van der Waals surface area contributed by atoms with Crippen LogP contribution in [-0.2, 0) is 0 Å². The van der Waals surface area contributed by atoms with Crippen LogP contribution in [0.1, 0.15) is 10.5 Å². The van der Waals surface area contributed by atoms with Gasteiger partial charge in [0.15, 0.2) is 18.1 Å². The predicted octanol–water partition coefficient (Wildman–Crippen LogP) is 1.65. The highest BCUT2D eigenvalue weighted by Crippen LogP contribution is 2.18. The summed E-state index contributed by atoms with van der Waals surface area (Å²) in [5.74, 6) is -0.871. The van der Waals surface area contributed by atoms with Crippen molar-refractivity contribution in [3.8, 4) is 5.88 Å². The summed E-state index contributed by atoms with van der Waals surface area (Å²) in [5.41, 5.74) is 5.68. The van der Waals surface area contributed by atoms with Crippen LogP contribution in [0.4, 0.5) is 24.7 Å². The first-order chi connectivity index (χ1) is 10.3. The molecule has 2 aromatic heterocycles. The standard InChI is InChI=1S/C12H10F3N5O2/c13-12(14,15)6-22-8-2-1-7(5-19-8)20-11(21)9-10(16)18-4-3-17-9/h1-5H,6H2,(H2,16,18)(H,20,21). The van der Waals surface area contributed by atoms with Crippen molar-refractivity contribution in [3.05, 3.63) is 36.4 Å². The topological polar surface area (TPSA) is 103 Å². The lowest BCUT2D eigenvalue weighted by atomic mass is 10.3. The zero-order valence-electron chi connectivity index (χ0n) is 11.0. The number of alkyl halides is 3. The van der Waals surface area contributed by atoms with Gasteiger partial charge in [-0.15, -0.1) is 0 Å². The Labute approximate surface area is 122 Å². The highest BCUT2D eigenvalue weighted by atomic mass is 19.4. The van der Waals surface area contributed by atoms with Crippen LogP contribution in [0, 0.1) is 0 Å². The molecule has 22 heavy (non-hydrogen) atoms. The third-order valence-electron chi connectivity index (χ3n) is 2.32. The molecule has 116 valence electrons. The molecule has 0 spiro atoms. The van der Waals surface area contributed by atoms with Crippen molar-refractivity contribution in [3.63, 3.8) is 0 Å². The fraction of sp³-hybridized carbons (Fsp3) is 0.167. The minimum Gasteiger partial charge on any atom is -0.468 e. The summed E-state index contributed by atoms with van der Waals surface area (Å²) in [4.78, 5) is 23.0. The van der Waals surface area contributed by atoms with Crippen LogP contribution in [0.3, 0.4) is 0 Å². The third-order valence-corrected chi connectivity index (χ3v) is 2.32. The Balaban J connectivity index is 1.99. The maximum absolute atomic E-state index is 12.0. The second-order valence-electron chi connectivity index (χ2n) is 4.03. The van der Waals surface area contributed by atoms with Crippen LogP contribution < -0.4 is 15.8 Å². The minimum atomic E-state index is -4.45. The largest absolute Gasteiger partial charge is 0.468 e. The van der Waals surface area contributed by atoms with E-state index in [9.17, 15) is 18.0 Å². The van der Waals surface area contributed by atoms with Gasteiger partial charge in [0.2, 0.25) is 5.88 Å². The molecule has 3 N–H and O–H groups in total. The Bertz CT molecular complexity index is 661. The van der Waals surface area contributed by atoms with Gasteiger partial charge in [0, 0.05) is 18.5 Å². The number of nitrogens with zero attached hydrogens (tertiary/aromatic N) is 3. The average Bonchev–Trinajstić information content (AvgIpc) is 2.46. The molecule has 2 rings (SSSR count). The summed E-state index contributed by atoms with van der Waals surface area (Å²) >= 11 is 0. The highest BCUT2D eigenvalue weighted by molar-refractivity contribution is 6.05. The summed E-state index contributed by atoms with van der Waals surface area (Å²) in [6.07, 6.45) is -0.660. The number of nitrogens with one attached hydrogen (secondary N) is 1. The van der Waals surface area contributed by atoms with Gasteiger partial charge >= 0.3 is 6.18 Å². The molecule has 0 bridgehead atoms. The summed E-state index contributed by atoms with van der Waals surface area (Å²) in [5, 5.41) is 2.44. The molecule has 0 aliphatic carbocycles. The molecular formula is C12H10F3N5O2. The van der Waals surface area contributed by atoms with E-state index in [1.54, 1.807) is 0 Å². The average molecular weight is 313 g/mol. The lowest BCUT2D eigenvalue weighted by molar-refractivity contribution is -0.154. The number of halogens is 3. The second kappa shape index (κ2) is 6.24. The van der Waals surface area contributed by atoms with E-state index in [0.717, 1.165) is 6.20 Å². The van der Waals surface area contributed by atoms with Crippen molar-refractivity contribution in [1.82, 2.24) is 15.0 Å². The first kappa shape index (κ1) is 15.5. The monoisotopic (exact) mass is 313 g/mol. The van der Waals surface area contributed by atoms with Crippen molar-refractivity contribution < 1.29 is 22.7 Å². The van der Waals surface area contributed by atoms with Crippen LogP contribution >= 0.6 is 0 Å². The molecule has 0 radical (unpaired) electrons. The molecule has 7 nitrogen and oxygen atoms in total. The summed E-state index contributed by atoms with van der Waals surface area (Å²) in [7, 11) is 0. The molecular weight excluding hydrogens is 303 g/mol. The maximum Gasteiger partial charge on any atom is 0.422 e. The molecule has 0 saturated heterocycles. The molecule has 2 heterocycles. The van der Waals surface area contributed by atoms with Crippen molar-refractivity contribution >= 4 is 17.4 Å². The molecule has 1 amide bonds. The van der Waals surface area contributed by atoms with Gasteiger partial charge < -0.3 is 15.8 Å². The molecule has 0 saturated carbocycles. The lowest BCUT2D eigenvalue weighted by Gasteiger charge is -2.09. The van der Waals surface area contributed by atoms with Gasteiger partial charge in [-0.05, 0) is 6.07 Å². The molecule has 0 fully saturated rings. The SMILES string of the molecule is Nc1nccnc1C(=O)Nc1ccc(OCC(F)(F)F)nc1. The summed E-state index contributed by atoms with van der Waals surface area (Å²) < 4.78 is 40.4. The fourth-order valence-electron chi connectivity index (χ4n) is 1.41. The molecule has 0 aliphatic rings. The van der Waals surface area contributed by atoms with Crippen molar-refractivity contribution in [2.24, 2.45) is 0 Å². The van der Waals surface area contributed by atoms with Crippen LogP contribution in [0.15, 0.2) is 30.7 Å². The molecule has 0 unspecified atom stereocenters. The van der Waals surface area contributed by atoms with E-state index in [1.807, 2.05) is 0 Å². The number of amides is 1. The number of nitrogens with two attached hydrogens (primary N) is 1. The first-order valence-electron chi connectivity index (χ1n) is 5.88. The van der Waals surface area contributed by atoms with Gasteiger partial charge in [0.05, 0.1) is 11.9 Å². The van der Waals surface area contributed by atoms with Crippen LogP contribution in [0.5, 0.6) is 5.88 Å². The number of hydrogen-bond acceptors (Lipinski definition) is 6. The molecule has 0 atom stereocenters. The number of carbonyl (C=O) groups excluding carboxylic acids is 1. The van der Waals surface area contributed by atoms with E-state index >= 15 is 0 Å². The number of aromatic nitrogens is 3. The number of hydrogen-bond donors (Lipinski definition) is 2. The Morgan fingerprint density at radius 1 is 1.23 bits per heavy atom. The Hall–Kier alpha value is -2.91. The quantitative estimate of drug-likeness (QED) is 0.889. The summed E-state index contributed by atoms with van der Waals surface area (Å²) in [6.45, 7) is -1.44. The van der Waals surface area contributed by atoms with E-state index in [0.29, 0.717) is 0 Å². The van der Waals surface area contributed by atoms with Crippen molar-refractivity contribution in [1.29, 1.82) is 0 Å². The number of nitrogen functional groups attached to an aromatic ring is 1. The number of anilines is 2. The van der Waals surface area contributed by atoms with Gasteiger partial charge in [0.25, 0.3) is 5.91 Å². The van der Waals surface area contributed by atoms with Gasteiger partial charge in [-0.3, -0.25) is 4.79 Å². The van der Waals surface area contributed by atoms with Gasteiger partial charge in [-0.25, -0.2) is 15.0 Å². The van der Waals surface area contributed by atoms with E-state index in [-0.39, 0.29) is 23.1 Å². The van der Waals surface area contributed by atoms with E-state index < -0.39 is 18.7 Å². The number of pyridine rings is 1. The second-order valence-corrected chi connectivity index (χ2v) is 4.03. The zero-order valence-corrected chi connectivity index (χ0v) is 11.0. The molecule has 10 heteroatoms. The normalized spacial score (nSPS) is 11.0. The lowest BCUT2D eigenvalue weighted by Crippen LogP contribution is -2.19. The Morgan fingerprint density at radius 3 is 2.55 bits per heavy atom. The third kappa shape index (κ3) is 4.30. The first-order valence-corrected chi connectivity index (χ1v) is 5.88. The number of ether oxygens (including phenoxy) is 1. The predicted molar refractivity (Wildman–Crippen MR) is 70.2 cm³/mol. The van der Waals surface area contributed by atoms with Crippen LogP contribution in [0.25, 0.3) is 0 Å². The van der Waals surface area contributed by atoms with Crippen LogP contribution in [0.2, 0.25) is 0 Å². The van der Waals surface area contributed by atoms with Crippen molar-refractivity contribution in [2.75, 3.05) is 17.7 Å². The Morgan fingerprint density at radius 2 is 1.95 bits per heavy atom. The van der Waals surface area contributed by atoms with E-state index in [4.69, 9.17) is 5.73 Å². The summed E-state index contributed by atoms with van der Waals surface area (Å²) in [6, 6.07) is 2.53. The van der Waals surface area contributed by atoms with Gasteiger partial charge in [-0.1, -0.05) is 0 Å². The van der Waals surface area contributed by atoms with Crippen molar-refractivity contribution in [2.45, 2.75) is 6.18 Å². The zero-order chi connectivity index (χ0) is 16.2. The van der Waals surface area contributed by atoms with E-state index in [1.165, 1.54) is 24.5 Å². The van der Waals surface area contributed by atoms with Crippen LogP contribution in [-0.4, -0.2) is 33.6 Å². The smallest absolute Gasteiger partial charge is 0.422 e. The number of carbonyl (C=O) groups is 1. The maximum atomic E-state index is 12.0. The molecule has 0 aliphatic heterocycles. The Kier molecular flexibility index (Phi) is 4.39. The minimum absolute atomic E-state index is 0.0434. The van der Waals surface area contributed by atoms with Gasteiger partial charge in [-0.2, -0.15) is 13.2 Å². The molecule has 0 aromatic carbocycles.